The second-order valence-electron chi connectivity index (χ2n) is 13.8. The zero-order chi connectivity index (χ0) is 33.0. The lowest BCUT2D eigenvalue weighted by Gasteiger charge is -2.35. The van der Waals surface area contributed by atoms with Crippen molar-refractivity contribution in [3.63, 3.8) is 0 Å². The predicted molar refractivity (Wildman–Crippen MR) is 191 cm³/mol. The molecule has 1 saturated carbocycles. The van der Waals surface area contributed by atoms with Crippen LogP contribution in [0.15, 0.2) is 72.8 Å². The minimum atomic E-state index is -0.967. The van der Waals surface area contributed by atoms with Crippen LogP contribution < -0.4 is 4.74 Å². The molecule has 2 aliphatic rings. The quantitative estimate of drug-likeness (QED) is 0.118. The summed E-state index contributed by atoms with van der Waals surface area (Å²) in [5.41, 5.74) is 4.12. The first-order valence-corrected chi connectivity index (χ1v) is 18.3. The van der Waals surface area contributed by atoms with Crippen molar-refractivity contribution in [1.82, 2.24) is 0 Å². The summed E-state index contributed by atoms with van der Waals surface area (Å²) in [6, 6.07) is 15.6. The lowest BCUT2D eigenvalue weighted by molar-refractivity contribution is 0.190. The SMILES string of the molecule is C/C=C/CCC1CCC(C2CC=C(c3ccc(-c4ccc(-c5ccc(OCCCCCCCC)c(F)c5F)cc4)c(F)c3)CC2)CC1. The van der Waals surface area contributed by atoms with Crippen molar-refractivity contribution in [3.8, 4) is 28.0 Å². The van der Waals surface area contributed by atoms with Gasteiger partial charge in [-0.3, -0.25) is 0 Å². The van der Waals surface area contributed by atoms with Crippen molar-refractivity contribution in [2.24, 2.45) is 17.8 Å². The van der Waals surface area contributed by atoms with Gasteiger partial charge in [0.15, 0.2) is 11.6 Å². The van der Waals surface area contributed by atoms with Gasteiger partial charge in [-0.15, -0.1) is 0 Å². The van der Waals surface area contributed by atoms with Gasteiger partial charge in [0, 0.05) is 11.1 Å². The number of ether oxygens (including phenoxy) is 1. The Labute approximate surface area is 281 Å². The van der Waals surface area contributed by atoms with Crippen LogP contribution in [0.4, 0.5) is 13.2 Å². The van der Waals surface area contributed by atoms with E-state index in [0.29, 0.717) is 23.3 Å². The Hall–Kier alpha value is -3.27. The zero-order valence-electron chi connectivity index (χ0n) is 28.5. The fourth-order valence-electron chi connectivity index (χ4n) is 7.70. The molecule has 1 atom stereocenters. The van der Waals surface area contributed by atoms with Gasteiger partial charge in [-0.1, -0.05) is 106 Å². The maximum atomic E-state index is 15.4. The molecule has 0 radical (unpaired) electrons. The molecule has 0 aliphatic heterocycles. The number of hydrogen-bond donors (Lipinski definition) is 0. The Morgan fingerprint density at radius 1 is 0.723 bits per heavy atom. The normalized spacial score (nSPS) is 20.0. The fourth-order valence-corrected chi connectivity index (χ4v) is 7.70. The molecule has 1 nitrogen and oxygen atoms in total. The van der Waals surface area contributed by atoms with Gasteiger partial charge < -0.3 is 4.74 Å². The third kappa shape index (κ3) is 9.42. The van der Waals surface area contributed by atoms with E-state index in [0.717, 1.165) is 55.4 Å². The first kappa shape index (κ1) is 35.0. The largest absolute Gasteiger partial charge is 0.490 e. The standard InChI is InChI=1S/C43H53F3O/c1-3-5-7-8-9-11-29-47-41-28-27-39(42(45)43(41)46)36-23-21-35(22-24-36)38-26-25-37(30-40(38)44)34-19-17-33(18-20-34)32-15-13-31(14-16-32)12-10-6-4-2/h4,6,19,21-28,30-33H,3,5,7-18,20,29H2,1-2H3/b6-4+. The number of benzene rings is 3. The highest BCUT2D eigenvalue weighted by Crippen LogP contribution is 2.42. The molecule has 0 aromatic heterocycles. The fraction of sp³-hybridized carbons (Fsp3) is 0.488. The summed E-state index contributed by atoms with van der Waals surface area (Å²) in [4.78, 5) is 0. The molecule has 5 rings (SSSR count). The van der Waals surface area contributed by atoms with Gasteiger partial charge in [0.25, 0.3) is 0 Å². The molecule has 3 aromatic rings. The summed E-state index contributed by atoms with van der Waals surface area (Å²) in [7, 11) is 0. The summed E-state index contributed by atoms with van der Waals surface area (Å²) in [5, 5.41) is 0. The molecule has 3 aromatic carbocycles. The number of hydrogen-bond acceptors (Lipinski definition) is 1. The van der Waals surface area contributed by atoms with Crippen molar-refractivity contribution in [2.45, 2.75) is 110 Å². The van der Waals surface area contributed by atoms with Gasteiger partial charge in [-0.05, 0) is 117 Å². The van der Waals surface area contributed by atoms with E-state index < -0.39 is 11.6 Å². The smallest absolute Gasteiger partial charge is 0.201 e. The highest BCUT2D eigenvalue weighted by molar-refractivity contribution is 5.74. The molecule has 4 heteroatoms. The molecule has 2 aliphatic carbocycles. The second kappa shape index (κ2) is 17.8. The average molecular weight is 643 g/mol. The maximum absolute atomic E-state index is 15.4. The number of allylic oxidation sites excluding steroid dienone is 4. The summed E-state index contributed by atoms with van der Waals surface area (Å²) in [6.07, 6.45) is 24.7. The topological polar surface area (TPSA) is 9.23 Å². The van der Waals surface area contributed by atoms with Crippen molar-refractivity contribution in [2.75, 3.05) is 6.61 Å². The van der Waals surface area contributed by atoms with Crippen LogP contribution >= 0.6 is 0 Å². The van der Waals surface area contributed by atoms with Crippen LogP contribution in [0.3, 0.4) is 0 Å². The molecular formula is C43H53F3O. The van der Waals surface area contributed by atoms with E-state index in [1.807, 2.05) is 12.1 Å². The highest BCUT2D eigenvalue weighted by Gasteiger charge is 2.28. The summed E-state index contributed by atoms with van der Waals surface area (Å²) in [5.74, 6) is 0.267. The number of halogens is 3. The van der Waals surface area contributed by atoms with Gasteiger partial charge in [0.05, 0.1) is 6.61 Å². The lowest BCUT2D eigenvalue weighted by Crippen LogP contribution is -2.23. The maximum Gasteiger partial charge on any atom is 0.201 e. The third-order valence-corrected chi connectivity index (χ3v) is 10.6. The molecule has 0 saturated heterocycles. The molecular weight excluding hydrogens is 589 g/mol. The van der Waals surface area contributed by atoms with E-state index in [1.54, 1.807) is 36.4 Å². The second-order valence-corrected chi connectivity index (χ2v) is 13.8. The zero-order valence-corrected chi connectivity index (χ0v) is 28.5. The Bertz CT molecular complexity index is 1480. The van der Waals surface area contributed by atoms with E-state index in [4.69, 9.17) is 4.74 Å². The summed E-state index contributed by atoms with van der Waals surface area (Å²) in [6.45, 7) is 4.65. The molecule has 0 spiro atoms. The van der Waals surface area contributed by atoms with E-state index in [2.05, 4.69) is 32.1 Å². The first-order chi connectivity index (χ1) is 23.0. The molecule has 0 bridgehead atoms. The first-order valence-electron chi connectivity index (χ1n) is 18.3. The summed E-state index contributed by atoms with van der Waals surface area (Å²) >= 11 is 0. The van der Waals surface area contributed by atoms with Gasteiger partial charge >= 0.3 is 0 Å². The molecule has 47 heavy (non-hydrogen) atoms. The third-order valence-electron chi connectivity index (χ3n) is 10.6. The Balaban J connectivity index is 1.15. The molecule has 252 valence electrons. The molecule has 1 unspecified atom stereocenters. The highest BCUT2D eigenvalue weighted by atomic mass is 19.2. The van der Waals surface area contributed by atoms with Crippen LogP contribution in [-0.4, -0.2) is 6.61 Å². The van der Waals surface area contributed by atoms with Crippen LogP contribution in [0.25, 0.3) is 27.8 Å². The van der Waals surface area contributed by atoms with E-state index in [9.17, 15) is 4.39 Å². The van der Waals surface area contributed by atoms with Crippen LogP contribution in [0.5, 0.6) is 5.75 Å². The monoisotopic (exact) mass is 642 g/mol. The van der Waals surface area contributed by atoms with Gasteiger partial charge in [-0.2, -0.15) is 4.39 Å². The number of rotatable bonds is 15. The molecule has 0 heterocycles. The van der Waals surface area contributed by atoms with Crippen LogP contribution in [0, 0.1) is 35.2 Å². The van der Waals surface area contributed by atoms with Crippen molar-refractivity contribution in [1.29, 1.82) is 0 Å². The van der Waals surface area contributed by atoms with Crippen LogP contribution in [0.1, 0.15) is 116 Å². The van der Waals surface area contributed by atoms with Crippen LogP contribution in [0.2, 0.25) is 0 Å². The van der Waals surface area contributed by atoms with E-state index >= 15 is 8.78 Å². The van der Waals surface area contributed by atoms with Crippen molar-refractivity contribution >= 4 is 5.57 Å². The Kier molecular flexibility index (Phi) is 13.2. The van der Waals surface area contributed by atoms with Crippen molar-refractivity contribution in [3.05, 3.63) is 95.8 Å². The predicted octanol–water partition coefficient (Wildman–Crippen LogP) is 13.5. The van der Waals surface area contributed by atoms with Crippen LogP contribution in [-0.2, 0) is 0 Å². The lowest BCUT2D eigenvalue weighted by atomic mass is 9.70. The van der Waals surface area contributed by atoms with Crippen molar-refractivity contribution < 1.29 is 17.9 Å². The van der Waals surface area contributed by atoms with E-state index in [1.165, 1.54) is 75.8 Å². The van der Waals surface area contributed by atoms with Gasteiger partial charge in [0.2, 0.25) is 5.82 Å². The Morgan fingerprint density at radius 3 is 2.09 bits per heavy atom. The van der Waals surface area contributed by atoms with Gasteiger partial charge in [-0.25, -0.2) is 8.78 Å². The molecule has 0 amide bonds. The summed E-state index contributed by atoms with van der Waals surface area (Å²) < 4.78 is 50.9. The molecule has 1 fully saturated rings. The Morgan fingerprint density at radius 2 is 1.40 bits per heavy atom. The molecule has 0 N–H and O–H groups in total. The number of unbranched alkanes of at least 4 members (excludes halogenated alkanes) is 5. The van der Waals surface area contributed by atoms with Gasteiger partial charge in [0.1, 0.15) is 5.82 Å². The van der Waals surface area contributed by atoms with E-state index in [-0.39, 0.29) is 17.1 Å². The minimum absolute atomic E-state index is 0.0551. The minimum Gasteiger partial charge on any atom is -0.490 e. The average Bonchev–Trinajstić information content (AvgIpc) is 3.10.